The number of hydrogen-bond acceptors (Lipinski definition) is 9. The van der Waals surface area contributed by atoms with Crippen LogP contribution in [-0.2, 0) is 17.7 Å². The van der Waals surface area contributed by atoms with E-state index < -0.39 is 10.9 Å². The van der Waals surface area contributed by atoms with Crippen molar-refractivity contribution in [1.82, 2.24) is 4.98 Å². The van der Waals surface area contributed by atoms with Gasteiger partial charge < -0.3 is 25.6 Å². The van der Waals surface area contributed by atoms with Crippen LogP contribution in [0.1, 0.15) is 20.8 Å². The maximum atomic E-state index is 13.3. The fraction of sp³-hybridized carbons (Fsp3) is 0.200. The smallest absolute Gasteiger partial charge is 0.267 e. The summed E-state index contributed by atoms with van der Waals surface area (Å²) in [6, 6.07) is 17.5. The van der Waals surface area contributed by atoms with Crippen LogP contribution in [-0.4, -0.2) is 37.7 Å². The van der Waals surface area contributed by atoms with E-state index in [2.05, 4.69) is 20.9 Å². The Morgan fingerprint density at radius 1 is 1.07 bits per heavy atom. The number of fused-ring (bicyclic) bond motifs is 2. The second-order valence-corrected chi connectivity index (χ2v) is 10.4. The van der Waals surface area contributed by atoms with Crippen LogP contribution in [0.5, 0.6) is 0 Å². The molecule has 1 amide bonds. The highest BCUT2D eigenvalue weighted by Crippen LogP contribution is 2.38. The monoisotopic (exact) mass is 553 g/mol. The SMILES string of the molecule is COCCNc1c(N2CCc3ccc(NC(=O)c4sccc4NCc4ccnc5ccccc45)cc32)c(=O)c1=O. The zero-order valence-corrected chi connectivity index (χ0v) is 22.6. The summed E-state index contributed by atoms with van der Waals surface area (Å²) in [5, 5.41) is 12.4. The third kappa shape index (κ3) is 4.72. The summed E-state index contributed by atoms with van der Waals surface area (Å²) in [6.07, 6.45) is 2.53. The van der Waals surface area contributed by atoms with Crippen molar-refractivity contribution in [3.8, 4) is 0 Å². The van der Waals surface area contributed by atoms with Crippen molar-refractivity contribution in [2.75, 3.05) is 47.7 Å². The van der Waals surface area contributed by atoms with E-state index in [4.69, 9.17) is 4.74 Å². The predicted octanol–water partition coefficient (Wildman–Crippen LogP) is 4.51. The summed E-state index contributed by atoms with van der Waals surface area (Å²) < 4.78 is 5.05. The van der Waals surface area contributed by atoms with Crippen molar-refractivity contribution in [3.05, 3.63) is 103 Å². The Hall–Kier alpha value is -4.54. The van der Waals surface area contributed by atoms with Gasteiger partial charge >= 0.3 is 0 Å². The number of thiophene rings is 1. The molecule has 0 aliphatic carbocycles. The van der Waals surface area contributed by atoms with Gasteiger partial charge in [-0.25, -0.2) is 0 Å². The maximum absolute atomic E-state index is 13.3. The molecule has 6 rings (SSSR count). The number of ether oxygens (including phenoxy) is 1. The van der Waals surface area contributed by atoms with Gasteiger partial charge in [-0.2, -0.15) is 0 Å². The van der Waals surface area contributed by atoms with E-state index in [9.17, 15) is 14.4 Å². The zero-order valence-electron chi connectivity index (χ0n) is 21.8. The Kier molecular flexibility index (Phi) is 7.02. The van der Waals surface area contributed by atoms with Gasteiger partial charge in [0.1, 0.15) is 16.3 Å². The van der Waals surface area contributed by atoms with Crippen LogP contribution in [0.15, 0.2) is 75.8 Å². The highest BCUT2D eigenvalue weighted by atomic mass is 32.1. The lowest BCUT2D eigenvalue weighted by Gasteiger charge is -2.24. The topological polar surface area (TPSA) is 113 Å². The van der Waals surface area contributed by atoms with Gasteiger partial charge in [-0.15, -0.1) is 11.3 Å². The number of carbonyl (C=O) groups is 1. The number of nitrogens with zero attached hydrogens (tertiary/aromatic N) is 2. The van der Waals surface area contributed by atoms with E-state index in [0.717, 1.165) is 39.8 Å². The summed E-state index contributed by atoms with van der Waals surface area (Å²) in [5.74, 6) is -0.224. The number of rotatable bonds is 10. The van der Waals surface area contributed by atoms with Gasteiger partial charge in [-0.1, -0.05) is 24.3 Å². The minimum absolute atomic E-state index is 0.224. The minimum atomic E-state index is -0.513. The highest BCUT2D eigenvalue weighted by Gasteiger charge is 2.31. The molecular formula is C30H27N5O4S. The Balaban J connectivity index is 1.18. The number of pyridine rings is 1. The highest BCUT2D eigenvalue weighted by molar-refractivity contribution is 7.12. The molecule has 5 aromatic rings. The Morgan fingerprint density at radius 3 is 2.83 bits per heavy atom. The number of para-hydroxylation sites is 1. The molecule has 0 atom stereocenters. The molecule has 0 spiro atoms. The van der Waals surface area contributed by atoms with Gasteiger partial charge in [0.25, 0.3) is 16.8 Å². The molecular weight excluding hydrogens is 526 g/mol. The molecule has 0 radical (unpaired) electrons. The van der Waals surface area contributed by atoms with Crippen LogP contribution in [0.25, 0.3) is 10.9 Å². The Bertz CT molecular complexity index is 1780. The molecule has 202 valence electrons. The molecule has 1 aliphatic rings. The quantitative estimate of drug-likeness (QED) is 0.171. The Labute approximate surface area is 234 Å². The molecule has 0 saturated carbocycles. The number of methoxy groups -OCH3 is 1. The lowest BCUT2D eigenvalue weighted by molar-refractivity contribution is 0.103. The van der Waals surface area contributed by atoms with Gasteiger partial charge in [0.15, 0.2) is 0 Å². The molecule has 3 N–H and O–H groups in total. The van der Waals surface area contributed by atoms with Gasteiger partial charge in [0.2, 0.25) is 0 Å². The molecule has 40 heavy (non-hydrogen) atoms. The zero-order chi connectivity index (χ0) is 27.6. The first kappa shape index (κ1) is 25.7. The van der Waals surface area contributed by atoms with Crippen molar-refractivity contribution < 1.29 is 9.53 Å². The van der Waals surface area contributed by atoms with Crippen molar-refractivity contribution in [2.24, 2.45) is 0 Å². The van der Waals surface area contributed by atoms with Crippen LogP contribution in [0.4, 0.5) is 28.4 Å². The van der Waals surface area contributed by atoms with Crippen molar-refractivity contribution >= 4 is 56.6 Å². The van der Waals surface area contributed by atoms with Gasteiger partial charge in [-0.05, 0) is 53.3 Å². The van der Waals surface area contributed by atoms with E-state index in [1.54, 1.807) is 13.3 Å². The summed E-state index contributed by atoms with van der Waals surface area (Å²) >= 11 is 1.36. The second-order valence-electron chi connectivity index (χ2n) is 9.50. The van der Waals surface area contributed by atoms with Crippen molar-refractivity contribution in [2.45, 2.75) is 13.0 Å². The summed E-state index contributed by atoms with van der Waals surface area (Å²) in [5.41, 5.74) is 4.93. The Morgan fingerprint density at radius 2 is 1.95 bits per heavy atom. The predicted molar refractivity (Wildman–Crippen MR) is 160 cm³/mol. The molecule has 0 bridgehead atoms. The van der Waals surface area contributed by atoms with Crippen LogP contribution < -0.4 is 31.7 Å². The van der Waals surface area contributed by atoms with E-state index >= 15 is 0 Å². The second kappa shape index (κ2) is 10.9. The fourth-order valence-corrected chi connectivity index (χ4v) is 5.85. The number of benzene rings is 2. The molecule has 2 aromatic heterocycles. The summed E-state index contributed by atoms with van der Waals surface area (Å²) in [7, 11) is 1.58. The average molecular weight is 554 g/mol. The summed E-state index contributed by atoms with van der Waals surface area (Å²) in [6.45, 7) is 1.99. The van der Waals surface area contributed by atoms with Gasteiger partial charge in [0.05, 0.1) is 17.8 Å². The van der Waals surface area contributed by atoms with E-state index in [0.29, 0.717) is 48.2 Å². The molecule has 0 saturated heterocycles. The first-order chi connectivity index (χ1) is 19.5. The number of amides is 1. The van der Waals surface area contributed by atoms with Crippen LogP contribution >= 0.6 is 11.3 Å². The molecule has 3 heterocycles. The van der Waals surface area contributed by atoms with Crippen molar-refractivity contribution in [3.63, 3.8) is 0 Å². The third-order valence-electron chi connectivity index (χ3n) is 7.08. The number of nitrogens with one attached hydrogen (secondary N) is 3. The minimum Gasteiger partial charge on any atom is -0.383 e. The van der Waals surface area contributed by atoms with Gasteiger partial charge in [0, 0.05) is 49.7 Å². The van der Waals surface area contributed by atoms with E-state index in [-0.39, 0.29) is 5.91 Å². The largest absolute Gasteiger partial charge is 0.383 e. The normalized spacial score (nSPS) is 12.6. The number of anilines is 5. The molecule has 10 heteroatoms. The third-order valence-corrected chi connectivity index (χ3v) is 8.00. The van der Waals surface area contributed by atoms with Gasteiger partial charge in [-0.3, -0.25) is 19.4 Å². The number of hydrogen-bond donors (Lipinski definition) is 3. The van der Waals surface area contributed by atoms with E-state index in [1.165, 1.54) is 11.3 Å². The van der Waals surface area contributed by atoms with Crippen LogP contribution in [0.2, 0.25) is 0 Å². The molecule has 1 aliphatic heterocycles. The molecule has 9 nitrogen and oxygen atoms in total. The number of carbonyl (C=O) groups excluding carboxylic acids is 1. The molecule has 3 aromatic carbocycles. The lowest BCUT2D eigenvalue weighted by Crippen LogP contribution is -2.41. The van der Waals surface area contributed by atoms with Crippen LogP contribution in [0.3, 0.4) is 0 Å². The average Bonchev–Trinajstić information content (AvgIpc) is 3.62. The van der Waals surface area contributed by atoms with Crippen LogP contribution in [0, 0.1) is 0 Å². The summed E-state index contributed by atoms with van der Waals surface area (Å²) in [4.78, 5) is 44.9. The molecule has 0 unspecified atom stereocenters. The maximum Gasteiger partial charge on any atom is 0.267 e. The standard InChI is InChI=1S/C30H27N5O4S/c1-39-14-12-32-25-26(28(37)27(25)36)35-13-9-18-6-7-20(16-24(18)35)34-30(38)29-23(10-15-40-29)33-17-19-8-11-31-22-5-3-2-4-21(19)22/h2-8,10-11,15-16,32-33H,9,12-14,17H2,1H3,(H,34,38). The lowest BCUT2D eigenvalue weighted by atomic mass is 10.1. The van der Waals surface area contributed by atoms with Crippen molar-refractivity contribution in [1.29, 1.82) is 0 Å². The first-order valence-electron chi connectivity index (χ1n) is 13.0. The first-order valence-corrected chi connectivity index (χ1v) is 13.8. The number of aromatic nitrogens is 1. The van der Waals surface area contributed by atoms with E-state index in [1.807, 2.05) is 64.9 Å². The fourth-order valence-electron chi connectivity index (χ4n) is 5.08. The molecule has 0 fully saturated rings.